The lowest BCUT2D eigenvalue weighted by Gasteiger charge is -1.95. The van der Waals surface area contributed by atoms with Crippen LogP contribution in [0.5, 0.6) is 0 Å². The smallest absolute Gasteiger partial charge is 0.303 e. The van der Waals surface area contributed by atoms with E-state index in [1.165, 1.54) is 0 Å². The van der Waals surface area contributed by atoms with E-state index in [4.69, 9.17) is 5.11 Å². The maximum Gasteiger partial charge on any atom is 0.303 e. The molecule has 0 saturated carbocycles. The highest BCUT2D eigenvalue weighted by atomic mass is 16.4. The van der Waals surface area contributed by atoms with Gasteiger partial charge in [-0.25, -0.2) is 9.97 Å². The first-order chi connectivity index (χ1) is 8.16. The molecule has 5 nitrogen and oxygen atoms in total. The van der Waals surface area contributed by atoms with Crippen LogP contribution < -0.4 is 0 Å². The molecule has 2 N–H and O–H groups in total. The van der Waals surface area contributed by atoms with Crippen LogP contribution in [0.1, 0.15) is 30.7 Å². The van der Waals surface area contributed by atoms with Crippen LogP contribution >= 0.6 is 0 Å². The molecule has 0 spiro atoms. The van der Waals surface area contributed by atoms with Crippen molar-refractivity contribution in [3.63, 3.8) is 0 Å². The molecular formula is C12H15N3O2. The largest absolute Gasteiger partial charge is 0.481 e. The number of carboxylic acid groups (broad SMARTS) is 1. The van der Waals surface area contributed by atoms with Crippen LogP contribution in [0, 0.1) is 6.92 Å². The molecule has 2 heterocycles. The molecular weight excluding hydrogens is 218 g/mol. The van der Waals surface area contributed by atoms with Gasteiger partial charge in [0.1, 0.15) is 5.82 Å². The van der Waals surface area contributed by atoms with Crippen LogP contribution in [0.3, 0.4) is 0 Å². The Morgan fingerprint density at radius 1 is 1.47 bits per heavy atom. The van der Waals surface area contributed by atoms with E-state index in [2.05, 4.69) is 15.0 Å². The molecule has 0 fully saturated rings. The van der Waals surface area contributed by atoms with Gasteiger partial charge < -0.3 is 10.1 Å². The molecule has 2 rings (SSSR count). The van der Waals surface area contributed by atoms with Crippen molar-refractivity contribution in [3.8, 4) is 0 Å². The van der Waals surface area contributed by atoms with E-state index >= 15 is 0 Å². The third-order valence-electron chi connectivity index (χ3n) is 2.70. The fourth-order valence-corrected chi connectivity index (χ4v) is 1.77. The Hall–Kier alpha value is -1.91. The number of hydrogen-bond acceptors (Lipinski definition) is 3. The fourth-order valence-electron chi connectivity index (χ4n) is 1.77. The van der Waals surface area contributed by atoms with Gasteiger partial charge in [0.05, 0.1) is 5.52 Å². The third kappa shape index (κ3) is 2.81. The maximum atomic E-state index is 10.4. The quantitative estimate of drug-likeness (QED) is 0.775. The van der Waals surface area contributed by atoms with E-state index in [1.54, 1.807) is 6.20 Å². The van der Waals surface area contributed by atoms with Crippen molar-refractivity contribution in [1.82, 2.24) is 15.0 Å². The first-order valence-electron chi connectivity index (χ1n) is 5.69. The number of pyridine rings is 1. The van der Waals surface area contributed by atoms with Crippen molar-refractivity contribution < 1.29 is 9.90 Å². The SMILES string of the molecule is Cc1ccnc2nc(CCCCC(=O)O)[nH]c12. The van der Waals surface area contributed by atoms with Crippen molar-refractivity contribution in [2.45, 2.75) is 32.6 Å². The van der Waals surface area contributed by atoms with Crippen molar-refractivity contribution in [2.75, 3.05) is 0 Å². The number of aliphatic carboxylic acids is 1. The maximum absolute atomic E-state index is 10.4. The number of H-pyrrole nitrogens is 1. The van der Waals surface area contributed by atoms with Crippen LogP contribution in [0.25, 0.3) is 11.2 Å². The van der Waals surface area contributed by atoms with E-state index in [0.29, 0.717) is 6.42 Å². The van der Waals surface area contributed by atoms with Crippen molar-refractivity contribution >= 4 is 17.1 Å². The average Bonchev–Trinajstić information content (AvgIpc) is 2.69. The van der Waals surface area contributed by atoms with E-state index in [0.717, 1.165) is 35.4 Å². The normalized spacial score (nSPS) is 10.9. The van der Waals surface area contributed by atoms with E-state index < -0.39 is 5.97 Å². The van der Waals surface area contributed by atoms with Gasteiger partial charge in [-0.15, -0.1) is 0 Å². The molecule has 0 saturated heterocycles. The summed E-state index contributed by atoms with van der Waals surface area (Å²) in [5, 5.41) is 8.53. The highest BCUT2D eigenvalue weighted by molar-refractivity contribution is 5.74. The number of fused-ring (bicyclic) bond motifs is 1. The number of carbonyl (C=O) groups is 1. The molecule has 0 unspecified atom stereocenters. The molecule has 0 radical (unpaired) electrons. The number of aromatic nitrogens is 3. The lowest BCUT2D eigenvalue weighted by atomic mass is 10.2. The van der Waals surface area contributed by atoms with E-state index in [1.807, 2.05) is 13.0 Å². The molecule has 5 heteroatoms. The highest BCUT2D eigenvalue weighted by Gasteiger charge is 2.05. The molecule has 0 amide bonds. The summed E-state index contributed by atoms with van der Waals surface area (Å²) in [4.78, 5) is 22.2. The summed E-state index contributed by atoms with van der Waals surface area (Å²) in [6, 6.07) is 1.94. The Bertz CT molecular complexity index is 534. The zero-order chi connectivity index (χ0) is 12.3. The first kappa shape index (κ1) is 11.6. The number of imidazole rings is 1. The molecule has 0 aliphatic rings. The van der Waals surface area contributed by atoms with Crippen LogP contribution in [0.15, 0.2) is 12.3 Å². The zero-order valence-electron chi connectivity index (χ0n) is 9.73. The molecule has 0 bridgehead atoms. The minimum atomic E-state index is -0.743. The van der Waals surface area contributed by atoms with E-state index in [-0.39, 0.29) is 6.42 Å². The minimum absolute atomic E-state index is 0.220. The third-order valence-corrected chi connectivity index (χ3v) is 2.70. The Balaban J connectivity index is 2.00. The number of hydrogen-bond donors (Lipinski definition) is 2. The Labute approximate surface area is 98.9 Å². The summed E-state index contributed by atoms with van der Waals surface area (Å²) in [5.74, 6) is 0.138. The summed E-state index contributed by atoms with van der Waals surface area (Å²) >= 11 is 0. The van der Waals surface area contributed by atoms with Crippen molar-refractivity contribution in [1.29, 1.82) is 0 Å². The topological polar surface area (TPSA) is 78.9 Å². The number of rotatable bonds is 5. The second-order valence-corrected chi connectivity index (χ2v) is 4.11. The van der Waals surface area contributed by atoms with Gasteiger partial charge in [0.15, 0.2) is 5.65 Å². The second-order valence-electron chi connectivity index (χ2n) is 4.11. The molecule has 0 aliphatic heterocycles. The van der Waals surface area contributed by atoms with Crippen LogP contribution in [0.2, 0.25) is 0 Å². The number of carboxylic acids is 1. The van der Waals surface area contributed by atoms with Gasteiger partial charge in [0.25, 0.3) is 0 Å². The summed E-state index contributed by atoms with van der Waals surface area (Å²) in [6.07, 6.45) is 4.23. The van der Waals surface area contributed by atoms with E-state index in [9.17, 15) is 4.79 Å². The number of aromatic amines is 1. The summed E-state index contributed by atoms with van der Waals surface area (Å²) in [6.45, 7) is 2.01. The number of nitrogens with zero attached hydrogens (tertiary/aromatic N) is 2. The summed E-state index contributed by atoms with van der Waals surface area (Å²) in [7, 11) is 0. The molecule has 0 atom stereocenters. The molecule has 0 aliphatic carbocycles. The predicted molar refractivity (Wildman–Crippen MR) is 63.8 cm³/mol. The lowest BCUT2D eigenvalue weighted by Crippen LogP contribution is -1.95. The minimum Gasteiger partial charge on any atom is -0.481 e. The zero-order valence-corrected chi connectivity index (χ0v) is 9.73. The van der Waals surface area contributed by atoms with Crippen LogP contribution in [-0.2, 0) is 11.2 Å². The summed E-state index contributed by atoms with van der Waals surface area (Å²) in [5.41, 5.74) is 2.83. The van der Waals surface area contributed by atoms with Crippen molar-refractivity contribution in [3.05, 3.63) is 23.7 Å². The highest BCUT2D eigenvalue weighted by Crippen LogP contribution is 2.14. The van der Waals surface area contributed by atoms with Crippen LogP contribution in [-0.4, -0.2) is 26.0 Å². The molecule has 2 aromatic heterocycles. The molecule has 90 valence electrons. The number of unbranched alkanes of at least 4 members (excludes halogenated alkanes) is 1. The number of nitrogens with one attached hydrogen (secondary N) is 1. The van der Waals surface area contributed by atoms with Gasteiger partial charge in [-0.05, 0) is 31.4 Å². The molecule has 0 aromatic carbocycles. The monoisotopic (exact) mass is 233 g/mol. The van der Waals surface area contributed by atoms with Crippen molar-refractivity contribution in [2.24, 2.45) is 0 Å². The summed E-state index contributed by atoms with van der Waals surface area (Å²) < 4.78 is 0. The molecule has 17 heavy (non-hydrogen) atoms. The van der Waals surface area contributed by atoms with Crippen LogP contribution in [0.4, 0.5) is 0 Å². The Kier molecular flexibility index (Phi) is 3.37. The Morgan fingerprint density at radius 2 is 2.29 bits per heavy atom. The van der Waals surface area contributed by atoms with Gasteiger partial charge in [0.2, 0.25) is 0 Å². The fraction of sp³-hybridized carbons (Fsp3) is 0.417. The molecule has 2 aromatic rings. The Morgan fingerprint density at radius 3 is 3.00 bits per heavy atom. The van der Waals surface area contributed by atoms with Gasteiger partial charge in [-0.3, -0.25) is 4.79 Å². The average molecular weight is 233 g/mol. The standard InChI is InChI=1S/C12H15N3O2/c1-8-6-7-13-12-11(8)14-9(15-12)4-2-3-5-10(16)17/h6-7H,2-5H2,1H3,(H,16,17)(H,13,14,15). The lowest BCUT2D eigenvalue weighted by molar-refractivity contribution is -0.137. The first-order valence-corrected chi connectivity index (χ1v) is 5.69. The van der Waals surface area contributed by atoms with Gasteiger partial charge in [0, 0.05) is 19.0 Å². The van der Waals surface area contributed by atoms with Gasteiger partial charge in [-0.1, -0.05) is 0 Å². The number of aryl methyl sites for hydroxylation is 2. The van der Waals surface area contributed by atoms with Gasteiger partial charge >= 0.3 is 5.97 Å². The second kappa shape index (κ2) is 4.95. The predicted octanol–water partition coefficient (Wildman–Crippen LogP) is 2.06. The van der Waals surface area contributed by atoms with Gasteiger partial charge in [-0.2, -0.15) is 0 Å².